The molecule has 0 bridgehead atoms. The van der Waals surface area contributed by atoms with Crippen LogP contribution in [0.4, 0.5) is 5.13 Å². The van der Waals surface area contributed by atoms with Crippen LogP contribution in [-0.4, -0.2) is 21.9 Å². The fourth-order valence-electron chi connectivity index (χ4n) is 0.690. The Morgan fingerprint density at radius 2 is 2.25 bits per heavy atom. The van der Waals surface area contributed by atoms with Gasteiger partial charge < -0.3 is 10.6 Å². The Morgan fingerprint density at radius 1 is 1.62 bits per heavy atom. The summed E-state index contributed by atoms with van der Waals surface area (Å²) in [7, 11) is 0. The lowest BCUT2D eigenvalue weighted by atomic mass is 10.3. The van der Waals surface area contributed by atoms with Crippen LogP contribution >= 0.6 is 35.3 Å². The monoisotopic (exact) mass is 283 g/mol. The molecule has 0 saturated carbocycles. The highest BCUT2D eigenvalue weighted by Gasteiger charge is 2.16. The van der Waals surface area contributed by atoms with Crippen molar-refractivity contribution in [3.8, 4) is 0 Å². The molecule has 0 aliphatic heterocycles. The molecule has 9 heteroatoms. The van der Waals surface area contributed by atoms with E-state index in [9.17, 15) is 9.59 Å². The summed E-state index contributed by atoms with van der Waals surface area (Å²) in [6.07, 6.45) is 0. The summed E-state index contributed by atoms with van der Waals surface area (Å²) in [4.78, 5) is 29.5. The minimum absolute atomic E-state index is 0. The molecule has 1 aromatic rings. The number of anilines is 1. The number of nitrogens with two attached hydrogens (primary N) is 1. The molecule has 88 valence electrons. The third-order valence-corrected chi connectivity index (χ3v) is 2.07. The van der Waals surface area contributed by atoms with Crippen LogP contribution in [0.3, 0.4) is 0 Å². The minimum atomic E-state index is -0.874. The van der Waals surface area contributed by atoms with Crippen molar-refractivity contribution in [3.05, 3.63) is 11.1 Å². The van der Waals surface area contributed by atoms with E-state index in [1.54, 1.807) is 0 Å². The second-order valence-electron chi connectivity index (χ2n) is 2.37. The van der Waals surface area contributed by atoms with Crippen molar-refractivity contribution in [2.75, 3.05) is 5.73 Å². The van der Waals surface area contributed by atoms with Gasteiger partial charge in [0.2, 0.25) is 0 Å². The van der Waals surface area contributed by atoms with E-state index >= 15 is 0 Å². The molecule has 0 aliphatic rings. The zero-order chi connectivity index (χ0) is 11.4. The number of rotatable bonds is 3. The lowest BCUT2D eigenvalue weighted by molar-refractivity contribution is -0.140. The molecule has 0 unspecified atom stereocenters. The number of carbonyl (C=O) groups is 2. The second-order valence-corrected chi connectivity index (χ2v) is 3.60. The predicted octanol–water partition coefficient (Wildman–Crippen LogP) is 1.18. The van der Waals surface area contributed by atoms with E-state index in [4.69, 9.17) is 17.3 Å². The molecule has 0 saturated heterocycles. The van der Waals surface area contributed by atoms with Crippen molar-refractivity contribution < 1.29 is 14.4 Å². The molecule has 0 atom stereocenters. The largest absolute Gasteiger partial charge is 0.375 e. The van der Waals surface area contributed by atoms with Crippen molar-refractivity contribution in [3.63, 3.8) is 0 Å². The summed E-state index contributed by atoms with van der Waals surface area (Å²) >= 11 is 6.35. The van der Waals surface area contributed by atoms with Gasteiger partial charge in [0.1, 0.15) is 5.69 Å². The smallest absolute Gasteiger partial charge is 0.332 e. The lowest BCUT2D eigenvalue weighted by Gasteiger charge is -1.95. The van der Waals surface area contributed by atoms with E-state index in [0.717, 1.165) is 18.3 Å². The van der Waals surface area contributed by atoms with Gasteiger partial charge in [-0.05, 0) is 11.6 Å². The molecule has 0 fully saturated rings. The Balaban J connectivity index is 0.00000225. The normalized spacial score (nSPS) is 10.5. The Bertz CT molecular complexity index is 432. The van der Waals surface area contributed by atoms with E-state index in [2.05, 4.69) is 15.0 Å². The lowest BCUT2D eigenvalue weighted by Crippen LogP contribution is -2.11. The number of nitrogen functional groups attached to an aromatic ring is 1. The molecule has 0 aromatic carbocycles. The summed E-state index contributed by atoms with van der Waals surface area (Å²) in [5, 5.41) is 4.15. The summed E-state index contributed by atoms with van der Waals surface area (Å²) in [6, 6.07) is 0. The highest BCUT2D eigenvalue weighted by Crippen LogP contribution is 2.13. The first-order valence-electron chi connectivity index (χ1n) is 3.67. The number of hydrogen-bond acceptors (Lipinski definition) is 7. The van der Waals surface area contributed by atoms with Crippen LogP contribution in [-0.2, 0) is 14.4 Å². The Labute approximate surface area is 106 Å². The van der Waals surface area contributed by atoms with E-state index in [0.29, 0.717) is 0 Å². The average Bonchev–Trinajstić information content (AvgIpc) is 2.51. The van der Waals surface area contributed by atoms with Crippen LogP contribution in [0.5, 0.6) is 0 Å². The first-order chi connectivity index (χ1) is 7.00. The van der Waals surface area contributed by atoms with Gasteiger partial charge in [0.25, 0.3) is 5.24 Å². The van der Waals surface area contributed by atoms with Crippen LogP contribution in [0.15, 0.2) is 10.5 Å². The molecule has 0 aliphatic carbocycles. The second kappa shape index (κ2) is 6.41. The van der Waals surface area contributed by atoms with Gasteiger partial charge in [0.15, 0.2) is 10.8 Å². The number of oxime groups is 1. The van der Waals surface area contributed by atoms with Gasteiger partial charge in [-0.1, -0.05) is 5.16 Å². The minimum Gasteiger partial charge on any atom is -0.375 e. The Morgan fingerprint density at radius 3 is 2.62 bits per heavy atom. The summed E-state index contributed by atoms with van der Waals surface area (Å²) in [5.74, 6) is -0.659. The Kier molecular flexibility index (Phi) is 5.94. The zero-order valence-electron chi connectivity index (χ0n) is 7.97. The molecular formula is C7H7Cl2N3O3S. The molecular weight excluding hydrogens is 277 g/mol. The van der Waals surface area contributed by atoms with E-state index in [1.165, 1.54) is 5.38 Å². The van der Waals surface area contributed by atoms with Crippen molar-refractivity contribution in [2.45, 2.75) is 6.92 Å². The van der Waals surface area contributed by atoms with Crippen molar-refractivity contribution in [1.82, 2.24) is 4.98 Å². The maximum Gasteiger partial charge on any atom is 0.332 e. The highest BCUT2D eigenvalue weighted by atomic mass is 35.5. The van der Waals surface area contributed by atoms with Gasteiger partial charge in [0, 0.05) is 12.3 Å². The number of thiazole rings is 1. The van der Waals surface area contributed by atoms with Gasteiger partial charge in [0.05, 0.1) is 0 Å². The molecule has 1 rings (SSSR count). The van der Waals surface area contributed by atoms with Crippen LogP contribution in [0.25, 0.3) is 0 Å². The summed E-state index contributed by atoms with van der Waals surface area (Å²) < 4.78 is 0. The first-order valence-corrected chi connectivity index (χ1v) is 4.93. The van der Waals surface area contributed by atoms with Crippen molar-refractivity contribution in [2.24, 2.45) is 5.16 Å². The first kappa shape index (κ1) is 14.8. The quantitative estimate of drug-likeness (QED) is 0.389. The molecule has 0 spiro atoms. The van der Waals surface area contributed by atoms with Crippen LogP contribution < -0.4 is 5.73 Å². The summed E-state index contributed by atoms with van der Waals surface area (Å²) in [5.41, 5.74) is 5.29. The number of hydrogen-bond donors (Lipinski definition) is 1. The van der Waals surface area contributed by atoms with Crippen LogP contribution in [0.2, 0.25) is 0 Å². The van der Waals surface area contributed by atoms with Gasteiger partial charge in [-0.2, -0.15) is 0 Å². The number of carbonyl (C=O) groups excluding carboxylic acids is 2. The third-order valence-electron chi connectivity index (χ3n) is 1.22. The molecule has 16 heavy (non-hydrogen) atoms. The van der Waals surface area contributed by atoms with Crippen molar-refractivity contribution in [1.29, 1.82) is 0 Å². The fourth-order valence-corrected chi connectivity index (χ4v) is 1.37. The van der Waals surface area contributed by atoms with Crippen LogP contribution in [0.1, 0.15) is 12.6 Å². The standard InChI is InChI=1S/C7H6ClN3O3S.ClH/c1-3(12)14-11-5(6(8)13)4-2-15-7(9)10-4;/h2H,1H3,(H2,9,10);1H. The SMILES string of the molecule is CC(=O)ON=C(C(=O)Cl)c1csc(N)n1.Cl. The molecule has 2 N–H and O–H groups in total. The third kappa shape index (κ3) is 4.13. The van der Waals surface area contributed by atoms with Crippen molar-refractivity contribution >= 4 is 57.4 Å². The average molecular weight is 284 g/mol. The van der Waals surface area contributed by atoms with Gasteiger partial charge in [-0.25, -0.2) is 9.78 Å². The molecule has 6 nitrogen and oxygen atoms in total. The molecule has 0 amide bonds. The number of aromatic nitrogens is 1. The molecule has 1 aromatic heterocycles. The maximum absolute atomic E-state index is 10.9. The number of halogens is 2. The van der Waals surface area contributed by atoms with Crippen LogP contribution in [0, 0.1) is 0 Å². The highest BCUT2D eigenvalue weighted by molar-refractivity contribution is 7.13. The molecule has 1 heterocycles. The topological polar surface area (TPSA) is 94.6 Å². The van der Waals surface area contributed by atoms with E-state index in [1.807, 2.05) is 0 Å². The fraction of sp³-hybridized carbons (Fsp3) is 0.143. The van der Waals surface area contributed by atoms with E-state index < -0.39 is 11.2 Å². The van der Waals surface area contributed by atoms with Gasteiger partial charge in [-0.3, -0.25) is 4.79 Å². The zero-order valence-corrected chi connectivity index (χ0v) is 10.4. The molecule has 0 radical (unpaired) electrons. The summed E-state index contributed by atoms with van der Waals surface area (Å²) in [6.45, 7) is 1.15. The van der Waals surface area contributed by atoms with Gasteiger partial charge >= 0.3 is 5.97 Å². The van der Waals surface area contributed by atoms with Gasteiger partial charge in [-0.15, -0.1) is 23.7 Å². The predicted molar refractivity (Wildman–Crippen MR) is 62.9 cm³/mol. The van der Waals surface area contributed by atoms with E-state index in [-0.39, 0.29) is 28.9 Å². The maximum atomic E-state index is 10.9. The number of nitrogens with zero attached hydrogens (tertiary/aromatic N) is 2. The Hall–Kier alpha value is -1.18.